The summed E-state index contributed by atoms with van der Waals surface area (Å²) in [5, 5.41) is 3.06. The van der Waals surface area contributed by atoms with Gasteiger partial charge in [-0.1, -0.05) is 27.7 Å². The van der Waals surface area contributed by atoms with Crippen LogP contribution in [0.5, 0.6) is 0 Å². The maximum Gasteiger partial charge on any atom is 0.413 e. The molecule has 5 heteroatoms. The van der Waals surface area contributed by atoms with E-state index in [9.17, 15) is 4.79 Å². The Labute approximate surface area is 110 Å². The second kappa shape index (κ2) is 9.22. The van der Waals surface area contributed by atoms with Gasteiger partial charge in [0.25, 0.3) is 0 Å². The van der Waals surface area contributed by atoms with E-state index in [-0.39, 0.29) is 0 Å². The van der Waals surface area contributed by atoms with Crippen LogP contribution in [0.15, 0.2) is 0 Å². The maximum atomic E-state index is 11.4. The van der Waals surface area contributed by atoms with Crippen LogP contribution in [-0.4, -0.2) is 35.8 Å². The molecule has 0 saturated heterocycles. The first-order valence-electron chi connectivity index (χ1n) is 6.23. The number of hydrogen-bond acceptors (Lipinski definition) is 3. The van der Waals surface area contributed by atoms with E-state index >= 15 is 0 Å². The normalized spacial score (nSPS) is 10.2. The molecule has 17 heavy (non-hydrogen) atoms. The van der Waals surface area contributed by atoms with Crippen molar-refractivity contribution < 1.29 is 9.53 Å². The number of rotatable bonds is 6. The van der Waals surface area contributed by atoms with Crippen LogP contribution in [0.4, 0.5) is 4.79 Å². The highest BCUT2D eigenvalue weighted by atomic mass is 32.1. The lowest BCUT2D eigenvalue weighted by Crippen LogP contribution is -2.43. The van der Waals surface area contributed by atoms with Gasteiger partial charge in [-0.3, -0.25) is 5.32 Å². The van der Waals surface area contributed by atoms with E-state index in [1.165, 1.54) is 0 Å². The first-order chi connectivity index (χ1) is 8.01. The van der Waals surface area contributed by atoms with E-state index < -0.39 is 6.09 Å². The molecule has 0 unspecified atom stereocenters. The average Bonchev–Trinajstić information content (AvgIpc) is 2.26. The highest BCUT2D eigenvalue weighted by Gasteiger charge is 2.12. The minimum Gasteiger partial charge on any atom is -0.449 e. The molecule has 0 spiro atoms. The number of ether oxygens (including phenoxy) is 1. The van der Waals surface area contributed by atoms with Gasteiger partial charge in [0.2, 0.25) is 0 Å². The predicted molar refractivity (Wildman–Crippen MR) is 74.1 cm³/mol. The van der Waals surface area contributed by atoms with E-state index in [1.54, 1.807) is 0 Å². The number of nitrogens with zero attached hydrogens (tertiary/aromatic N) is 1. The number of nitrogens with one attached hydrogen (secondary N) is 1. The maximum absolute atomic E-state index is 11.4. The zero-order valence-corrected chi connectivity index (χ0v) is 12.1. The summed E-state index contributed by atoms with van der Waals surface area (Å²) in [6, 6.07) is 0. The van der Waals surface area contributed by atoms with Crippen LogP contribution in [0.2, 0.25) is 0 Å². The lowest BCUT2D eigenvalue weighted by atomic mass is 10.2. The van der Waals surface area contributed by atoms with Crippen LogP contribution in [-0.2, 0) is 4.74 Å². The van der Waals surface area contributed by atoms with E-state index in [2.05, 4.69) is 19.2 Å². The van der Waals surface area contributed by atoms with Crippen LogP contribution in [0.3, 0.4) is 0 Å². The molecule has 0 rings (SSSR count). The van der Waals surface area contributed by atoms with Gasteiger partial charge in [-0.25, -0.2) is 4.79 Å². The van der Waals surface area contributed by atoms with Gasteiger partial charge in [0.15, 0.2) is 5.11 Å². The number of thiocarbonyl (C=S) groups is 1. The zero-order chi connectivity index (χ0) is 13.3. The Morgan fingerprint density at radius 1 is 1.29 bits per heavy atom. The van der Waals surface area contributed by atoms with Crippen molar-refractivity contribution in [2.45, 2.75) is 40.5 Å². The molecule has 0 bridgehead atoms. The third-order valence-corrected chi connectivity index (χ3v) is 2.39. The molecule has 0 atom stereocenters. The second-order valence-electron chi connectivity index (χ2n) is 4.41. The Hall–Kier alpha value is -0.840. The Kier molecular flexibility index (Phi) is 8.76. The first kappa shape index (κ1) is 16.2. The summed E-state index contributed by atoms with van der Waals surface area (Å²) in [7, 11) is 0. The van der Waals surface area contributed by atoms with Gasteiger partial charge in [0.1, 0.15) is 0 Å². The van der Waals surface area contributed by atoms with Crippen LogP contribution in [0.1, 0.15) is 40.5 Å². The summed E-state index contributed by atoms with van der Waals surface area (Å²) in [5.41, 5.74) is 0. The molecule has 1 N–H and O–H groups in total. The Bertz CT molecular complexity index is 239. The summed E-state index contributed by atoms with van der Waals surface area (Å²) in [4.78, 5) is 13.4. The van der Waals surface area contributed by atoms with Gasteiger partial charge >= 0.3 is 6.09 Å². The monoisotopic (exact) mass is 260 g/mol. The minimum absolute atomic E-state index is 0.330. The Morgan fingerprint density at radius 2 is 1.82 bits per heavy atom. The Balaban J connectivity index is 4.06. The molecule has 4 nitrogen and oxygen atoms in total. The molecule has 0 aromatic heterocycles. The zero-order valence-electron chi connectivity index (χ0n) is 11.3. The quantitative estimate of drug-likeness (QED) is 0.746. The van der Waals surface area contributed by atoms with Crippen molar-refractivity contribution in [3.8, 4) is 0 Å². The topological polar surface area (TPSA) is 41.6 Å². The molecule has 0 aliphatic rings. The highest BCUT2D eigenvalue weighted by Crippen LogP contribution is 1.97. The third kappa shape index (κ3) is 7.96. The van der Waals surface area contributed by atoms with E-state index in [1.807, 2.05) is 18.7 Å². The van der Waals surface area contributed by atoms with Gasteiger partial charge in [-0.2, -0.15) is 0 Å². The average molecular weight is 260 g/mol. The van der Waals surface area contributed by atoms with Gasteiger partial charge < -0.3 is 9.64 Å². The molecule has 1 amide bonds. The smallest absolute Gasteiger partial charge is 0.413 e. The molecule has 0 heterocycles. The molecule has 0 aliphatic heterocycles. The fraction of sp³-hybridized carbons (Fsp3) is 0.833. The third-order valence-electron chi connectivity index (χ3n) is 2.03. The van der Waals surface area contributed by atoms with Crippen LogP contribution in [0, 0.1) is 5.92 Å². The predicted octanol–water partition coefficient (Wildman–Crippen LogP) is 2.78. The summed E-state index contributed by atoms with van der Waals surface area (Å²) < 4.78 is 5.02. The van der Waals surface area contributed by atoms with Crippen molar-refractivity contribution in [3.63, 3.8) is 0 Å². The van der Waals surface area contributed by atoms with E-state index in [0.717, 1.165) is 25.9 Å². The van der Waals surface area contributed by atoms with Crippen molar-refractivity contribution in [3.05, 3.63) is 0 Å². The lowest BCUT2D eigenvalue weighted by molar-refractivity contribution is 0.137. The lowest BCUT2D eigenvalue weighted by Gasteiger charge is -2.24. The molecular weight excluding hydrogens is 236 g/mol. The molecule has 0 aromatic rings. The van der Waals surface area contributed by atoms with Crippen LogP contribution < -0.4 is 5.32 Å². The van der Waals surface area contributed by atoms with Gasteiger partial charge in [-0.05, 0) is 31.0 Å². The second-order valence-corrected chi connectivity index (χ2v) is 4.80. The van der Waals surface area contributed by atoms with E-state index in [4.69, 9.17) is 17.0 Å². The van der Waals surface area contributed by atoms with Crippen LogP contribution in [0.25, 0.3) is 0 Å². The molecule has 0 saturated carbocycles. The Morgan fingerprint density at radius 3 is 2.24 bits per heavy atom. The van der Waals surface area contributed by atoms with Gasteiger partial charge in [0.05, 0.1) is 6.61 Å². The van der Waals surface area contributed by atoms with Gasteiger partial charge in [0, 0.05) is 13.1 Å². The van der Waals surface area contributed by atoms with Crippen molar-refractivity contribution in [2.24, 2.45) is 5.92 Å². The van der Waals surface area contributed by atoms with Gasteiger partial charge in [-0.15, -0.1) is 0 Å². The van der Waals surface area contributed by atoms with Crippen LogP contribution >= 0.6 is 12.2 Å². The molecule has 0 aliphatic carbocycles. The summed E-state index contributed by atoms with van der Waals surface area (Å²) in [5.74, 6) is 0.330. The van der Waals surface area contributed by atoms with E-state index in [0.29, 0.717) is 17.6 Å². The highest BCUT2D eigenvalue weighted by molar-refractivity contribution is 7.80. The summed E-state index contributed by atoms with van der Waals surface area (Å²) in [6.45, 7) is 10.3. The first-order valence-corrected chi connectivity index (χ1v) is 6.64. The minimum atomic E-state index is -0.457. The van der Waals surface area contributed by atoms with Crippen molar-refractivity contribution in [1.29, 1.82) is 0 Å². The molecule has 0 radical (unpaired) electrons. The molecular formula is C12H24N2O2S. The molecule has 0 fully saturated rings. The number of carbonyl (C=O) groups is 1. The fourth-order valence-corrected chi connectivity index (χ4v) is 1.57. The number of carbonyl (C=O) groups excluding carboxylic acids is 1. The standard InChI is InChI=1S/C12H24N2O2S/c1-5-7-14(8-6-2)11(17)13-12(15)16-9-10(3)4/h10H,5-9H2,1-4H3,(H,13,15,17). The summed E-state index contributed by atoms with van der Waals surface area (Å²) in [6.07, 6.45) is 1.55. The van der Waals surface area contributed by atoms with Crippen molar-refractivity contribution >= 4 is 23.4 Å². The number of amides is 1. The number of hydrogen-bond donors (Lipinski definition) is 1. The van der Waals surface area contributed by atoms with Crippen molar-refractivity contribution in [1.82, 2.24) is 10.2 Å². The largest absolute Gasteiger partial charge is 0.449 e. The SMILES string of the molecule is CCCN(CCC)C(=S)NC(=O)OCC(C)C. The molecule has 100 valence electrons. The fourth-order valence-electron chi connectivity index (χ4n) is 1.30. The summed E-state index contributed by atoms with van der Waals surface area (Å²) >= 11 is 5.18. The number of alkyl carbamates (subject to hydrolysis) is 1. The van der Waals surface area contributed by atoms with Crippen molar-refractivity contribution in [2.75, 3.05) is 19.7 Å². The molecule has 0 aromatic carbocycles.